The zero-order valence-corrected chi connectivity index (χ0v) is 9.04. The standard InChI is InChI=1S/C11H10N2OS/c1-7(14)9-10(12)13-11(15-9)8-5-3-2-4-6-8/h2-6H,12H2,1H3. The molecule has 0 aliphatic carbocycles. The van der Waals surface area contributed by atoms with Crippen LogP contribution in [0.15, 0.2) is 30.3 Å². The summed E-state index contributed by atoms with van der Waals surface area (Å²) in [6.45, 7) is 1.50. The largest absolute Gasteiger partial charge is 0.382 e. The van der Waals surface area contributed by atoms with Gasteiger partial charge in [0.1, 0.15) is 15.7 Å². The molecule has 4 heteroatoms. The van der Waals surface area contributed by atoms with E-state index in [1.807, 2.05) is 30.3 Å². The maximum Gasteiger partial charge on any atom is 0.173 e. The molecule has 0 spiro atoms. The SMILES string of the molecule is CC(=O)c1sc(-c2ccccc2)nc1N. The van der Waals surface area contributed by atoms with E-state index in [9.17, 15) is 4.79 Å². The highest BCUT2D eigenvalue weighted by Crippen LogP contribution is 2.29. The number of anilines is 1. The Morgan fingerprint density at radius 1 is 1.33 bits per heavy atom. The topological polar surface area (TPSA) is 56.0 Å². The molecule has 0 bridgehead atoms. The molecular weight excluding hydrogens is 208 g/mol. The lowest BCUT2D eigenvalue weighted by molar-refractivity contribution is 0.102. The zero-order valence-electron chi connectivity index (χ0n) is 8.23. The van der Waals surface area contributed by atoms with Crippen LogP contribution in [0.25, 0.3) is 10.6 Å². The number of ketones is 1. The van der Waals surface area contributed by atoms with Gasteiger partial charge in [0.15, 0.2) is 5.78 Å². The van der Waals surface area contributed by atoms with Crippen LogP contribution in [0.1, 0.15) is 16.6 Å². The van der Waals surface area contributed by atoms with E-state index >= 15 is 0 Å². The Labute approximate surface area is 91.6 Å². The predicted molar refractivity (Wildman–Crippen MR) is 62.0 cm³/mol. The van der Waals surface area contributed by atoms with Gasteiger partial charge in [-0.15, -0.1) is 11.3 Å². The molecule has 0 atom stereocenters. The number of benzene rings is 1. The summed E-state index contributed by atoms with van der Waals surface area (Å²) in [4.78, 5) is 15.9. The number of hydrogen-bond acceptors (Lipinski definition) is 4. The first-order valence-corrected chi connectivity index (χ1v) is 5.33. The maximum atomic E-state index is 11.2. The van der Waals surface area contributed by atoms with Crippen molar-refractivity contribution >= 4 is 22.9 Å². The van der Waals surface area contributed by atoms with Gasteiger partial charge in [-0.1, -0.05) is 30.3 Å². The van der Waals surface area contributed by atoms with E-state index in [0.717, 1.165) is 10.6 Å². The van der Waals surface area contributed by atoms with E-state index in [4.69, 9.17) is 5.73 Å². The van der Waals surface area contributed by atoms with Crippen LogP contribution in [0.4, 0.5) is 5.82 Å². The minimum atomic E-state index is -0.0350. The number of Topliss-reactive ketones (excluding diaryl/α,β-unsaturated/α-hetero) is 1. The number of thiazole rings is 1. The normalized spacial score (nSPS) is 10.2. The number of nitrogens with two attached hydrogens (primary N) is 1. The highest BCUT2D eigenvalue weighted by atomic mass is 32.1. The van der Waals surface area contributed by atoms with E-state index in [2.05, 4.69) is 4.98 Å². The number of nitrogens with zero attached hydrogens (tertiary/aromatic N) is 1. The molecule has 1 aromatic carbocycles. The van der Waals surface area contributed by atoms with Crippen LogP contribution in [0.2, 0.25) is 0 Å². The monoisotopic (exact) mass is 218 g/mol. The van der Waals surface area contributed by atoms with Crippen LogP contribution >= 0.6 is 11.3 Å². The summed E-state index contributed by atoms with van der Waals surface area (Å²) in [6.07, 6.45) is 0. The number of rotatable bonds is 2. The van der Waals surface area contributed by atoms with Gasteiger partial charge in [-0.2, -0.15) is 0 Å². The zero-order chi connectivity index (χ0) is 10.8. The first-order valence-electron chi connectivity index (χ1n) is 4.51. The summed E-state index contributed by atoms with van der Waals surface area (Å²) in [5, 5.41) is 0.790. The summed E-state index contributed by atoms with van der Waals surface area (Å²) in [7, 11) is 0. The van der Waals surface area contributed by atoms with Crippen LogP contribution in [-0.2, 0) is 0 Å². The Morgan fingerprint density at radius 3 is 2.53 bits per heavy atom. The van der Waals surface area contributed by atoms with Gasteiger partial charge in [0, 0.05) is 12.5 Å². The molecule has 1 aromatic heterocycles. The number of hydrogen-bond donors (Lipinski definition) is 1. The molecule has 0 unspecified atom stereocenters. The van der Waals surface area contributed by atoms with Gasteiger partial charge in [-0.25, -0.2) is 4.98 Å². The third kappa shape index (κ3) is 1.89. The minimum absolute atomic E-state index is 0.0350. The Bertz CT molecular complexity index is 491. The van der Waals surface area contributed by atoms with Crippen LogP contribution in [0.5, 0.6) is 0 Å². The lowest BCUT2D eigenvalue weighted by atomic mass is 10.2. The summed E-state index contributed by atoms with van der Waals surface area (Å²) >= 11 is 1.34. The van der Waals surface area contributed by atoms with Crippen LogP contribution in [-0.4, -0.2) is 10.8 Å². The molecule has 2 aromatic rings. The molecule has 0 saturated carbocycles. The van der Waals surface area contributed by atoms with Crippen molar-refractivity contribution in [2.24, 2.45) is 0 Å². The highest BCUT2D eigenvalue weighted by molar-refractivity contribution is 7.17. The Morgan fingerprint density at radius 2 is 2.00 bits per heavy atom. The van der Waals surface area contributed by atoms with Crippen molar-refractivity contribution in [3.8, 4) is 10.6 Å². The summed E-state index contributed by atoms with van der Waals surface area (Å²) in [6, 6.07) is 9.69. The van der Waals surface area contributed by atoms with Gasteiger partial charge in [-0.3, -0.25) is 4.79 Å². The smallest absolute Gasteiger partial charge is 0.173 e. The number of aromatic nitrogens is 1. The summed E-state index contributed by atoms with van der Waals surface area (Å²) in [5.74, 6) is 0.290. The molecular formula is C11H10N2OS. The minimum Gasteiger partial charge on any atom is -0.382 e. The third-order valence-electron chi connectivity index (χ3n) is 1.99. The van der Waals surface area contributed by atoms with Gasteiger partial charge in [0.25, 0.3) is 0 Å². The van der Waals surface area contributed by atoms with E-state index in [1.54, 1.807) is 0 Å². The van der Waals surface area contributed by atoms with Crippen LogP contribution < -0.4 is 5.73 Å². The Kier molecular flexibility index (Phi) is 2.51. The average Bonchev–Trinajstić information content (AvgIpc) is 2.62. The second-order valence-electron chi connectivity index (χ2n) is 3.16. The second kappa shape index (κ2) is 3.82. The maximum absolute atomic E-state index is 11.2. The average molecular weight is 218 g/mol. The molecule has 76 valence electrons. The van der Waals surface area contributed by atoms with Crippen molar-refractivity contribution in [1.82, 2.24) is 4.98 Å². The lowest BCUT2D eigenvalue weighted by Gasteiger charge is -1.92. The van der Waals surface area contributed by atoms with E-state index < -0.39 is 0 Å². The molecule has 0 amide bonds. The molecule has 2 N–H and O–H groups in total. The fourth-order valence-corrected chi connectivity index (χ4v) is 2.17. The highest BCUT2D eigenvalue weighted by Gasteiger charge is 2.12. The molecule has 2 rings (SSSR count). The van der Waals surface area contributed by atoms with Crippen molar-refractivity contribution in [3.63, 3.8) is 0 Å². The first kappa shape index (κ1) is 9.86. The van der Waals surface area contributed by atoms with Gasteiger partial charge >= 0.3 is 0 Å². The number of nitrogen functional groups attached to an aromatic ring is 1. The molecule has 0 aliphatic heterocycles. The van der Waals surface area contributed by atoms with Crippen molar-refractivity contribution in [3.05, 3.63) is 35.2 Å². The quantitative estimate of drug-likeness (QED) is 0.788. The van der Waals surface area contributed by atoms with Crippen molar-refractivity contribution in [2.75, 3.05) is 5.73 Å². The van der Waals surface area contributed by atoms with E-state index in [0.29, 0.717) is 10.7 Å². The van der Waals surface area contributed by atoms with E-state index in [-0.39, 0.29) is 5.78 Å². The lowest BCUT2D eigenvalue weighted by Crippen LogP contribution is -1.94. The molecule has 15 heavy (non-hydrogen) atoms. The predicted octanol–water partition coefficient (Wildman–Crippen LogP) is 2.59. The molecule has 0 saturated heterocycles. The van der Waals surface area contributed by atoms with Crippen LogP contribution in [0.3, 0.4) is 0 Å². The molecule has 0 aliphatic rings. The molecule has 0 fully saturated rings. The summed E-state index contributed by atoms with van der Waals surface area (Å²) in [5.41, 5.74) is 6.65. The summed E-state index contributed by atoms with van der Waals surface area (Å²) < 4.78 is 0. The third-order valence-corrected chi connectivity index (χ3v) is 3.21. The van der Waals surface area contributed by atoms with Crippen LogP contribution in [0, 0.1) is 0 Å². The molecule has 0 radical (unpaired) electrons. The molecule has 3 nitrogen and oxygen atoms in total. The Balaban J connectivity index is 2.48. The fraction of sp³-hybridized carbons (Fsp3) is 0.0909. The van der Waals surface area contributed by atoms with Gasteiger partial charge in [-0.05, 0) is 0 Å². The van der Waals surface area contributed by atoms with Crippen molar-refractivity contribution in [2.45, 2.75) is 6.92 Å². The van der Waals surface area contributed by atoms with Gasteiger partial charge in [0.05, 0.1) is 0 Å². The van der Waals surface area contributed by atoms with Gasteiger partial charge < -0.3 is 5.73 Å². The number of carbonyl (C=O) groups excluding carboxylic acids is 1. The first-order chi connectivity index (χ1) is 7.18. The number of carbonyl (C=O) groups is 1. The molecule has 1 heterocycles. The second-order valence-corrected chi connectivity index (χ2v) is 4.15. The van der Waals surface area contributed by atoms with E-state index in [1.165, 1.54) is 18.3 Å². The van der Waals surface area contributed by atoms with Gasteiger partial charge in [0.2, 0.25) is 0 Å². The van der Waals surface area contributed by atoms with Crippen molar-refractivity contribution < 1.29 is 4.79 Å². The van der Waals surface area contributed by atoms with Crippen molar-refractivity contribution in [1.29, 1.82) is 0 Å². The fourth-order valence-electron chi connectivity index (χ4n) is 1.29. The Hall–Kier alpha value is -1.68.